The maximum atomic E-state index is 10.7. The summed E-state index contributed by atoms with van der Waals surface area (Å²) in [4.78, 5) is 31.1. The van der Waals surface area contributed by atoms with E-state index in [-0.39, 0.29) is 18.5 Å². The minimum absolute atomic E-state index is 0.117. The monoisotopic (exact) mass is 295 g/mol. The van der Waals surface area contributed by atoms with E-state index in [9.17, 15) is 9.36 Å². The fraction of sp³-hybridized carbons (Fsp3) is 0.600. The molecule has 0 atom stereocenters. The van der Waals surface area contributed by atoms with Crippen molar-refractivity contribution in [3.8, 4) is 0 Å². The Morgan fingerprint density at radius 1 is 1.53 bits per heavy atom. The molecule has 0 bridgehead atoms. The molecule has 8 nitrogen and oxygen atoms in total. The molecule has 9 heteroatoms. The van der Waals surface area contributed by atoms with E-state index in [1.54, 1.807) is 13.8 Å². The van der Waals surface area contributed by atoms with Gasteiger partial charge in [-0.25, -0.2) is 4.57 Å². The summed E-state index contributed by atoms with van der Waals surface area (Å²) in [5.41, 5.74) is 5.31. The number of esters is 1. The number of nitrogens with zero attached hydrogens (tertiary/aromatic N) is 2. The minimum atomic E-state index is -4.28. The summed E-state index contributed by atoms with van der Waals surface area (Å²) in [6.07, 6.45) is 1.53. The highest BCUT2D eigenvalue weighted by atomic mass is 31.2. The smallest absolute Gasteiger partial charge is 0.432 e. The van der Waals surface area contributed by atoms with Gasteiger partial charge >= 0.3 is 13.7 Å². The summed E-state index contributed by atoms with van der Waals surface area (Å²) in [6, 6.07) is 0. The number of nitrogens with two attached hydrogens (primary N) is 1. The molecule has 0 aromatic heterocycles. The molecule has 0 fully saturated rings. The number of carbonyl (C=O) groups excluding carboxylic acids is 1. The van der Waals surface area contributed by atoms with E-state index in [0.717, 1.165) is 4.67 Å². The van der Waals surface area contributed by atoms with Crippen molar-refractivity contribution < 1.29 is 23.9 Å². The zero-order valence-corrected chi connectivity index (χ0v) is 12.3. The summed E-state index contributed by atoms with van der Waals surface area (Å²) in [5, 5.41) is 0. The molecule has 19 heavy (non-hydrogen) atoms. The van der Waals surface area contributed by atoms with Crippen LogP contribution in [0.2, 0.25) is 0 Å². The minimum Gasteiger partial charge on any atom is -0.462 e. The van der Waals surface area contributed by atoms with E-state index < -0.39 is 7.75 Å². The average molecular weight is 295 g/mol. The van der Waals surface area contributed by atoms with Crippen LogP contribution in [0.25, 0.3) is 0 Å². The number of ether oxygens (including phenoxy) is 1. The molecule has 0 unspecified atom stereocenters. The van der Waals surface area contributed by atoms with E-state index in [2.05, 4.69) is 16.3 Å². The van der Waals surface area contributed by atoms with Crippen molar-refractivity contribution in [1.29, 1.82) is 0 Å². The van der Waals surface area contributed by atoms with Crippen LogP contribution in [0.4, 0.5) is 0 Å². The molecule has 0 aliphatic heterocycles. The number of hydrogen-bond donors (Lipinski definition) is 3. The number of aliphatic imine (C=N–C) groups is 1. The van der Waals surface area contributed by atoms with Gasteiger partial charge in [0.2, 0.25) is 0 Å². The lowest BCUT2D eigenvalue weighted by molar-refractivity contribution is -0.139. The Balaban J connectivity index is 0. The molecule has 0 saturated heterocycles. The van der Waals surface area contributed by atoms with Crippen LogP contribution in [0, 0.1) is 0 Å². The molecule has 0 aliphatic carbocycles. The van der Waals surface area contributed by atoms with Gasteiger partial charge in [-0.2, -0.15) is 0 Å². The number of guanidine groups is 1. The van der Waals surface area contributed by atoms with Crippen molar-refractivity contribution >= 4 is 19.7 Å². The second-order valence-electron chi connectivity index (χ2n) is 3.15. The van der Waals surface area contributed by atoms with E-state index in [1.807, 2.05) is 0 Å². The van der Waals surface area contributed by atoms with Crippen LogP contribution >= 0.6 is 7.75 Å². The fourth-order valence-corrected chi connectivity index (χ4v) is 1.60. The molecule has 112 valence electrons. The number of rotatable bonds is 5. The summed E-state index contributed by atoms with van der Waals surface area (Å²) in [7, 11) is -4.28. The Kier molecular flexibility index (Phi) is 11.1. The molecule has 0 saturated carbocycles. The van der Waals surface area contributed by atoms with Crippen LogP contribution in [0.5, 0.6) is 0 Å². The average Bonchev–Trinajstić information content (AvgIpc) is 2.26. The quantitative estimate of drug-likeness (QED) is 0.221. The normalized spacial score (nSPS) is 11.1. The molecule has 0 aromatic carbocycles. The van der Waals surface area contributed by atoms with Crippen molar-refractivity contribution in [3.05, 3.63) is 12.7 Å². The second-order valence-corrected chi connectivity index (χ2v) is 4.66. The SMILES string of the molecule is C=CCOC(C)=O.CCN=C(N)N(CC)P(=O)(O)O. The van der Waals surface area contributed by atoms with Crippen LogP contribution in [0.15, 0.2) is 17.6 Å². The van der Waals surface area contributed by atoms with Crippen molar-refractivity contribution in [3.63, 3.8) is 0 Å². The maximum absolute atomic E-state index is 10.7. The molecule has 0 heterocycles. The summed E-state index contributed by atoms with van der Waals surface area (Å²) < 4.78 is 15.9. The first-order valence-electron chi connectivity index (χ1n) is 5.58. The first-order valence-corrected chi connectivity index (χ1v) is 7.14. The highest BCUT2D eigenvalue weighted by Gasteiger charge is 2.25. The summed E-state index contributed by atoms with van der Waals surface area (Å²) in [5.74, 6) is -0.381. The third-order valence-corrected chi connectivity index (χ3v) is 2.72. The molecule has 4 N–H and O–H groups in total. The molecular formula is C10H22N3O5P. The van der Waals surface area contributed by atoms with E-state index in [0.29, 0.717) is 13.2 Å². The third kappa shape index (κ3) is 11.5. The molecule has 0 aliphatic rings. The first-order chi connectivity index (χ1) is 8.70. The standard InChI is InChI=1S/C5H14N3O3P.C5H8O2/c1-3-7-5(6)8(4-2)12(9,10)11;1-3-4-7-5(2)6/h3-4H2,1-2H3,(H2,6,7)(H2,9,10,11);3H,1,4H2,2H3. The molecular weight excluding hydrogens is 273 g/mol. The van der Waals surface area contributed by atoms with Gasteiger partial charge in [0.05, 0.1) is 0 Å². The first kappa shape index (κ1) is 20.0. The van der Waals surface area contributed by atoms with Crippen molar-refractivity contribution in [2.75, 3.05) is 19.7 Å². The zero-order chi connectivity index (χ0) is 15.5. The van der Waals surface area contributed by atoms with Crippen molar-refractivity contribution in [2.24, 2.45) is 10.7 Å². The topological polar surface area (TPSA) is 125 Å². The lowest BCUT2D eigenvalue weighted by Gasteiger charge is -2.21. The lowest BCUT2D eigenvalue weighted by atomic mass is 10.7. The number of carbonyl (C=O) groups is 1. The van der Waals surface area contributed by atoms with Gasteiger partial charge in [-0.05, 0) is 13.8 Å². The van der Waals surface area contributed by atoms with Gasteiger partial charge in [0.1, 0.15) is 6.61 Å². The largest absolute Gasteiger partial charge is 0.462 e. The summed E-state index contributed by atoms with van der Waals surface area (Å²) >= 11 is 0. The van der Waals surface area contributed by atoms with E-state index in [4.69, 9.17) is 15.5 Å². The fourth-order valence-electron chi connectivity index (χ4n) is 0.900. The predicted molar refractivity (Wildman–Crippen MR) is 73.4 cm³/mol. The zero-order valence-electron chi connectivity index (χ0n) is 11.4. The lowest BCUT2D eigenvalue weighted by Crippen LogP contribution is -2.34. The van der Waals surface area contributed by atoms with Crippen LogP contribution in [0.1, 0.15) is 20.8 Å². The van der Waals surface area contributed by atoms with Gasteiger partial charge in [0.25, 0.3) is 0 Å². The van der Waals surface area contributed by atoms with Crippen LogP contribution in [0.3, 0.4) is 0 Å². The summed E-state index contributed by atoms with van der Waals surface area (Å²) in [6.45, 7) is 8.91. The molecule has 0 radical (unpaired) electrons. The van der Waals surface area contributed by atoms with Gasteiger partial charge in [-0.1, -0.05) is 12.7 Å². The highest BCUT2D eigenvalue weighted by Crippen LogP contribution is 2.38. The Labute approximate surface area is 113 Å². The van der Waals surface area contributed by atoms with E-state index >= 15 is 0 Å². The Morgan fingerprint density at radius 3 is 2.26 bits per heavy atom. The second kappa shape index (κ2) is 10.5. The third-order valence-electron chi connectivity index (χ3n) is 1.60. The molecule has 0 aromatic rings. The van der Waals surface area contributed by atoms with Gasteiger partial charge in [0, 0.05) is 20.0 Å². The van der Waals surface area contributed by atoms with Crippen molar-refractivity contribution in [2.45, 2.75) is 20.8 Å². The molecule has 0 rings (SSSR count). The van der Waals surface area contributed by atoms with Gasteiger partial charge in [-0.15, -0.1) is 0 Å². The van der Waals surface area contributed by atoms with E-state index in [1.165, 1.54) is 13.0 Å². The van der Waals surface area contributed by atoms with Crippen molar-refractivity contribution in [1.82, 2.24) is 4.67 Å². The van der Waals surface area contributed by atoms with Gasteiger partial charge in [0.15, 0.2) is 5.96 Å². The van der Waals surface area contributed by atoms with Gasteiger partial charge < -0.3 is 20.3 Å². The Hall–Kier alpha value is -1.37. The van der Waals surface area contributed by atoms with Crippen LogP contribution in [-0.4, -0.2) is 46.1 Å². The van der Waals surface area contributed by atoms with Gasteiger partial charge in [-0.3, -0.25) is 14.5 Å². The molecule has 0 spiro atoms. The van der Waals surface area contributed by atoms with Crippen LogP contribution in [-0.2, 0) is 14.1 Å². The highest BCUT2D eigenvalue weighted by molar-refractivity contribution is 7.49. The maximum Gasteiger partial charge on any atom is 0.432 e. The predicted octanol–water partition coefficient (Wildman–Crippen LogP) is 0.471. The number of hydrogen-bond acceptors (Lipinski definition) is 4. The Bertz CT molecular complexity index is 353. The molecule has 0 amide bonds. The van der Waals surface area contributed by atoms with Crippen LogP contribution < -0.4 is 5.73 Å². The Morgan fingerprint density at radius 2 is 2.05 bits per heavy atom.